The van der Waals surface area contributed by atoms with Gasteiger partial charge in [0.05, 0.1) is 21.3 Å². The summed E-state index contributed by atoms with van der Waals surface area (Å²) >= 11 is 0. The molecule has 4 heterocycles. The maximum atomic E-state index is 6.34. The number of nitrogens with zero attached hydrogens (tertiary/aromatic N) is 2. The Bertz CT molecular complexity index is 1290. The van der Waals surface area contributed by atoms with E-state index in [0.29, 0.717) is 34.5 Å². The molecule has 0 aliphatic carbocycles. The quantitative estimate of drug-likeness (QED) is 0.369. The molecule has 1 fully saturated rings. The van der Waals surface area contributed by atoms with Gasteiger partial charge in [-0.2, -0.15) is 0 Å². The average Bonchev–Trinajstić information content (AvgIpc) is 3.36. The smallest absolute Gasteiger partial charge is 0.203 e. The van der Waals surface area contributed by atoms with Gasteiger partial charge in [-0.25, -0.2) is 4.98 Å². The number of hydrogen-bond donors (Lipinski definition) is 2. The first-order valence-electron chi connectivity index (χ1n) is 11.8. The molecule has 0 saturated carbocycles. The van der Waals surface area contributed by atoms with E-state index < -0.39 is 0 Å². The summed E-state index contributed by atoms with van der Waals surface area (Å²) in [5, 5.41) is 6.97. The van der Waals surface area contributed by atoms with Crippen LogP contribution in [0, 0.1) is 5.92 Å². The molecule has 8 nitrogen and oxygen atoms in total. The van der Waals surface area contributed by atoms with Crippen LogP contribution in [0.15, 0.2) is 53.2 Å². The van der Waals surface area contributed by atoms with E-state index in [1.807, 2.05) is 36.5 Å². The molecule has 0 spiro atoms. The van der Waals surface area contributed by atoms with Crippen LogP contribution in [0.3, 0.4) is 0 Å². The number of piperidine rings is 1. The van der Waals surface area contributed by atoms with Gasteiger partial charge >= 0.3 is 0 Å². The van der Waals surface area contributed by atoms with Gasteiger partial charge in [0, 0.05) is 36.1 Å². The molecule has 1 unspecified atom stereocenters. The van der Waals surface area contributed by atoms with Gasteiger partial charge in [0.25, 0.3) is 0 Å². The minimum atomic E-state index is 0.537. The molecule has 8 heteroatoms. The summed E-state index contributed by atoms with van der Waals surface area (Å²) < 4.78 is 22.8. The summed E-state index contributed by atoms with van der Waals surface area (Å²) in [6.07, 6.45) is 6.09. The lowest BCUT2D eigenvalue weighted by atomic mass is 10.00. The Morgan fingerprint density at radius 3 is 2.49 bits per heavy atom. The van der Waals surface area contributed by atoms with Gasteiger partial charge in [0.1, 0.15) is 17.1 Å². The van der Waals surface area contributed by atoms with Gasteiger partial charge in [-0.15, -0.1) is 0 Å². The molecule has 1 atom stereocenters. The third kappa shape index (κ3) is 4.74. The van der Waals surface area contributed by atoms with Crippen molar-refractivity contribution in [2.75, 3.05) is 46.3 Å². The maximum absolute atomic E-state index is 6.34. The number of nitrogens with one attached hydrogen (secondary N) is 2. The molecule has 1 aromatic carbocycles. The second-order valence-electron chi connectivity index (χ2n) is 8.62. The lowest BCUT2D eigenvalue weighted by molar-refractivity contribution is 0.324. The number of rotatable bonds is 8. The molecule has 0 radical (unpaired) electrons. The van der Waals surface area contributed by atoms with Gasteiger partial charge in [-0.3, -0.25) is 4.98 Å². The molecule has 0 bridgehead atoms. The third-order valence-electron chi connectivity index (χ3n) is 6.40. The van der Waals surface area contributed by atoms with E-state index in [-0.39, 0.29) is 0 Å². The van der Waals surface area contributed by atoms with Crippen molar-refractivity contribution in [3.63, 3.8) is 0 Å². The van der Waals surface area contributed by atoms with Crippen LogP contribution in [-0.2, 0) is 0 Å². The molecule has 1 aliphatic heterocycles. The number of benzene rings is 1. The predicted molar refractivity (Wildman–Crippen MR) is 136 cm³/mol. The molecular formula is C27H30N4O4. The Balaban J connectivity index is 1.47. The zero-order valence-electron chi connectivity index (χ0n) is 20.3. The van der Waals surface area contributed by atoms with E-state index in [2.05, 4.69) is 26.7 Å². The number of aromatic nitrogens is 2. The van der Waals surface area contributed by atoms with Crippen molar-refractivity contribution in [3.8, 4) is 39.7 Å². The van der Waals surface area contributed by atoms with Crippen LogP contribution < -0.4 is 24.8 Å². The second-order valence-corrected chi connectivity index (χ2v) is 8.62. The van der Waals surface area contributed by atoms with Crippen LogP contribution in [0.2, 0.25) is 0 Å². The largest absolute Gasteiger partial charge is 0.493 e. The lowest BCUT2D eigenvalue weighted by Crippen LogP contribution is -2.33. The third-order valence-corrected chi connectivity index (χ3v) is 6.40. The molecule has 35 heavy (non-hydrogen) atoms. The topological polar surface area (TPSA) is 90.7 Å². The van der Waals surface area contributed by atoms with Crippen molar-refractivity contribution in [2.24, 2.45) is 5.92 Å². The van der Waals surface area contributed by atoms with Crippen molar-refractivity contribution >= 4 is 16.9 Å². The Kier molecular flexibility index (Phi) is 6.72. The fourth-order valence-corrected chi connectivity index (χ4v) is 4.57. The first-order chi connectivity index (χ1) is 17.2. The molecule has 2 N–H and O–H groups in total. The van der Waals surface area contributed by atoms with Gasteiger partial charge in [0.15, 0.2) is 17.1 Å². The fourth-order valence-electron chi connectivity index (χ4n) is 4.57. The van der Waals surface area contributed by atoms with E-state index in [9.17, 15) is 0 Å². The fraction of sp³-hybridized carbons (Fsp3) is 0.333. The number of fused-ring (bicyclic) bond motifs is 1. The standard InChI is InChI=1S/C27H30N4O4/c1-32-23-11-19(12-24(33-2)27(23)34-3)22-14-21-26(35-22)20(7-10-29-21)18-6-9-30-25(13-18)31-16-17-5-4-8-28-15-17/h6-7,9-14,17,28H,4-5,8,15-16H2,1-3H3,(H,30,31). The number of hydrogen-bond acceptors (Lipinski definition) is 8. The minimum absolute atomic E-state index is 0.537. The van der Waals surface area contributed by atoms with E-state index >= 15 is 0 Å². The zero-order chi connectivity index (χ0) is 24.2. The van der Waals surface area contributed by atoms with Crippen LogP contribution in [0.4, 0.5) is 5.82 Å². The summed E-state index contributed by atoms with van der Waals surface area (Å²) in [6.45, 7) is 3.07. The van der Waals surface area contributed by atoms with Gasteiger partial charge < -0.3 is 29.3 Å². The summed E-state index contributed by atoms with van der Waals surface area (Å²) in [6, 6.07) is 11.7. The summed E-state index contributed by atoms with van der Waals surface area (Å²) in [7, 11) is 4.78. The Morgan fingerprint density at radius 1 is 0.971 bits per heavy atom. The maximum Gasteiger partial charge on any atom is 0.203 e. The molecule has 0 amide bonds. The molecule has 1 saturated heterocycles. The average molecular weight is 475 g/mol. The molecule has 5 rings (SSSR count). The van der Waals surface area contributed by atoms with E-state index in [1.165, 1.54) is 12.8 Å². The van der Waals surface area contributed by atoms with Gasteiger partial charge in [-0.05, 0) is 67.7 Å². The first kappa shape index (κ1) is 23.0. The van der Waals surface area contributed by atoms with E-state index in [1.54, 1.807) is 27.5 Å². The zero-order valence-corrected chi connectivity index (χ0v) is 20.3. The summed E-state index contributed by atoms with van der Waals surface area (Å²) in [4.78, 5) is 9.05. The highest BCUT2D eigenvalue weighted by Gasteiger charge is 2.18. The predicted octanol–water partition coefficient (Wildman–Crippen LogP) is 4.99. The molecular weight excluding hydrogens is 444 g/mol. The SMILES string of the molecule is COc1cc(-c2cc3nccc(-c4ccnc(NCC5CCCNC5)c4)c3o2)cc(OC)c1OC. The number of ether oxygens (including phenoxy) is 3. The van der Waals surface area contributed by atoms with Crippen molar-refractivity contribution < 1.29 is 18.6 Å². The van der Waals surface area contributed by atoms with Crippen molar-refractivity contribution in [1.82, 2.24) is 15.3 Å². The number of anilines is 1. The number of furan rings is 1. The van der Waals surface area contributed by atoms with Gasteiger partial charge in [-0.1, -0.05) is 0 Å². The van der Waals surface area contributed by atoms with Crippen molar-refractivity contribution in [3.05, 3.63) is 48.8 Å². The van der Waals surface area contributed by atoms with Crippen LogP contribution in [0.5, 0.6) is 17.2 Å². The highest BCUT2D eigenvalue weighted by molar-refractivity contribution is 5.93. The van der Waals surface area contributed by atoms with E-state index in [4.69, 9.17) is 18.6 Å². The summed E-state index contributed by atoms with van der Waals surface area (Å²) in [5.74, 6) is 3.80. The Morgan fingerprint density at radius 2 is 1.77 bits per heavy atom. The van der Waals surface area contributed by atoms with Crippen molar-refractivity contribution in [1.29, 1.82) is 0 Å². The monoisotopic (exact) mass is 474 g/mol. The van der Waals surface area contributed by atoms with Crippen LogP contribution >= 0.6 is 0 Å². The number of methoxy groups -OCH3 is 3. The van der Waals surface area contributed by atoms with Crippen LogP contribution in [0.25, 0.3) is 33.6 Å². The lowest BCUT2D eigenvalue weighted by Gasteiger charge is -2.23. The van der Waals surface area contributed by atoms with Gasteiger partial charge in [0.2, 0.25) is 5.75 Å². The molecule has 3 aromatic heterocycles. The first-order valence-corrected chi connectivity index (χ1v) is 11.8. The molecule has 4 aromatic rings. The van der Waals surface area contributed by atoms with E-state index in [0.717, 1.165) is 47.7 Å². The Labute approximate surface area is 204 Å². The van der Waals surface area contributed by atoms with Crippen LogP contribution in [-0.4, -0.2) is 50.9 Å². The minimum Gasteiger partial charge on any atom is -0.493 e. The van der Waals surface area contributed by atoms with Crippen LogP contribution in [0.1, 0.15) is 12.8 Å². The normalized spacial score (nSPS) is 15.7. The Hall–Kier alpha value is -3.78. The summed E-state index contributed by atoms with van der Waals surface area (Å²) in [5.41, 5.74) is 4.26. The number of pyridine rings is 2. The second kappa shape index (κ2) is 10.2. The highest BCUT2D eigenvalue weighted by atomic mass is 16.5. The molecule has 1 aliphatic rings. The molecule has 182 valence electrons. The van der Waals surface area contributed by atoms with Crippen molar-refractivity contribution in [2.45, 2.75) is 12.8 Å². The highest BCUT2D eigenvalue weighted by Crippen LogP contribution is 2.42.